The normalized spacial score (nSPS) is 12.4. The lowest BCUT2D eigenvalue weighted by atomic mass is 10.1. The Morgan fingerprint density at radius 1 is 1.27 bits per heavy atom. The second-order valence-corrected chi connectivity index (χ2v) is 6.08. The predicted molar refractivity (Wildman–Crippen MR) is 99.7 cm³/mol. The van der Waals surface area contributed by atoms with Gasteiger partial charge in [0.05, 0.1) is 10.6 Å². The molecule has 1 atom stereocenters. The summed E-state index contributed by atoms with van der Waals surface area (Å²) in [6, 6.07) is 11.0. The van der Waals surface area contributed by atoms with Gasteiger partial charge in [0.25, 0.3) is 11.6 Å². The highest BCUT2D eigenvalue weighted by Gasteiger charge is 2.15. The van der Waals surface area contributed by atoms with E-state index in [0.717, 1.165) is 5.56 Å². The summed E-state index contributed by atoms with van der Waals surface area (Å²) in [5, 5.41) is 15.3. The molecule has 136 valence electrons. The van der Waals surface area contributed by atoms with Crippen LogP contribution in [0.1, 0.15) is 25.0 Å². The molecule has 0 aliphatic rings. The minimum absolute atomic E-state index is 0.00839. The summed E-state index contributed by atoms with van der Waals surface area (Å²) in [6.07, 6.45) is -0.761. The number of nitro benzene ring substituents is 1. The zero-order valence-corrected chi connectivity index (χ0v) is 15.3. The van der Waals surface area contributed by atoms with E-state index in [4.69, 9.17) is 16.3 Å². The molecule has 26 heavy (non-hydrogen) atoms. The van der Waals surface area contributed by atoms with Gasteiger partial charge in [-0.15, -0.1) is 0 Å². The molecule has 1 unspecified atom stereocenters. The molecule has 0 saturated carbocycles. The Hall–Kier alpha value is -2.93. The van der Waals surface area contributed by atoms with E-state index in [-0.39, 0.29) is 5.69 Å². The molecule has 2 rings (SSSR count). The fraction of sp³-hybridized carbons (Fsp3) is 0.222. The molecule has 0 spiro atoms. The summed E-state index contributed by atoms with van der Waals surface area (Å²) in [5.41, 5.74) is 4.43. The van der Waals surface area contributed by atoms with Crippen LogP contribution >= 0.6 is 11.6 Å². The van der Waals surface area contributed by atoms with Crippen molar-refractivity contribution in [3.8, 4) is 5.75 Å². The minimum Gasteiger partial charge on any atom is -0.481 e. The third kappa shape index (κ3) is 5.03. The Kier molecular flexibility index (Phi) is 6.30. The van der Waals surface area contributed by atoms with Crippen molar-refractivity contribution in [2.75, 3.05) is 0 Å². The fourth-order valence-electron chi connectivity index (χ4n) is 2.11. The van der Waals surface area contributed by atoms with E-state index in [2.05, 4.69) is 10.5 Å². The van der Waals surface area contributed by atoms with Crippen molar-refractivity contribution >= 4 is 28.9 Å². The lowest BCUT2D eigenvalue weighted by molar-refractivity contribution is -0.384. The summed E-state index contributed by atoms with van der Waals surface area (Å²) in [4.78, 5) is 22.3. The zero-order valence-electron chi connectivity index (χ0n) is 14.5. The van der Waals surface area contributed by atoms with Crippen LogP contribution in [0.3, 0.4) is 0 Å². The molecule has 1 N–H and O–H groups in total. The van der Waals surface area contributed by atoms with Crippen LogP contribution in [-0.4, -0.2) is 22.6 Å². The van der Waals surface area contributed by atoms with Crippen LogP contribution in [0.2, 0.25) is 5.02 Å². The molecule has 2 aromatic rings. The van der Waals surface area contributed by atoms with Crippen molar-refractivity contribution in [3.05, 3.63) is 68.7 Å². The Bertz CT molecular complexity index is 850. The average molecular weight is 376 g/mol. The number of nitrogens with zero attached hydrogens (tertiary/aromatic N) is 2. The summed E-state index contributed by atoms with van der Waals surface area (Å²) in [5.74, 6) is 0.147. The van der Waals surface area contributed by atoms with Crippen LogP contribution in [0, 0.1) is 17.0 Å². The van der Waals surface area contributed by atoms with Crippen molar-refractivity contribution in [1.29, 1.82) is 0 Å². The molecular weight excluding hydrogens is 358 g/mol. The molecule has 0 saturated heterocycles. The van der Waals surface area contributed by atoms with Gasteiger partial charge in [0.2, 0.25) is 0 Å². The highest BCUT2D eigenvalue weighted by Crippen LogP contribution is 2.22. The van der Waals surface area contributed by atoms with Gasteiger partial charge in [0.1, 0.15) is 5.75 Å². The van der Waals surface area contributed by atoms with Gasteiger partial charge in [-0.1, -0.05) is 11.6 Å². The van der Waals surface area contributed by atoms with Gasteiger partial charge in [-0.2, -0.15) is 5.10 Å². The Morgan fingerprint density at radius 2 is 1.92 bits per heavy atom. The van der Waals surface area contributed by atoms with Gasteiger partial charge in [0.15, 0.2) is 6.10 Å². The van der Waals surface area contributed by atoms with E-state index in [1.165, 1.54) is 12.1 Å². The summed E-state index contributed by atoms with van der Waals surface area (Å²) in [6.45, 7) is 5.14. The topological polar surface area (TPSA) is 93.8 Å². The first kappa shape index (κ1) is 19.4. The van der Waals surface area contributed by atoms with Crippen molar-refractivity contribution < 1.29 is 14.5 Å². The van der Waals surface area contributed by atoms with E-state index >= 15 is 0 Å². The number of ether oxygens (including phenoxy) is 1. The number of halogens is 1. The smallest absolute Gasteiger partial charge is 0.280 e. The van der Waals surface area contributed by atoms with Crippen LogP contribution < -0.4 is 10.2 Å². The maximum absolute atomic E-state index is 12.1. The maximum Gasteiger partial charge on any atom is 0.280 e. The molecule has 0 aliphatic heterocycles. The number of hydrazone groups is 1. The van der Waals surface area contributed by atoms with E-state index in [0.29, 0.717) is 22.0 Å². The first-order valence-electron chi connectivity index (χ1n) is 7.79. The highest BCUT2D eigenvalue weighted by atomic mass is 35.5. The van der Waals surface area contributed by atoms with Crippen LogP contribution in [0.15, 0.2) is 47.6 Å². The second-order valence-electron chi connectivity index (χ2n) is 5.65. The van der Waals surface area contributed by atoms with Gasteiger partial charge < -0.3 is 4.74 Å². The van der Waals surface area contributed by atoms with Crippen LogP contribution in [0.5, 0.6) is 5.75 Å². The number of hydrogen-bond acceptors (Lipinski definition) is 5. The molecule has 8 heteroatoms. The lowest BCUT2D eigenvalue weighted by Gasteiger charge is -2.15. The minimum atomic E-state index is -0.761. The standard InChI is InChI=1S/C18H18ClN3O4/c1-11-10-15(19)6-9-17(11)26-13(3)18(23)21-20-12(2)14-4-7-16(8-5-14)22(24)25/h4-10,13H,1-3H3,(H,21,23)/b20-12-. The number of nitrogens with one attached hydrogen (secondary N) is 1. The number of hydrogen-bond donors (Lipinski definition) is 1. The predicted octanol–water partition coefficient (Wildman–Crippen LogP) is 3.86. The molecule has 0 bridgehead atoms. The third-order valence-electron chi connectivity index (χ3n) is 3.64. The third-order valence-corrected chi connectivity index (χ3v) is 3.87. The summed E-state index contributed by atoms with van der Waals surface area (Å²) >= 11 is 5.90. The van der Waals surface area contributed by atoms with Gasteiger partial charge in [0, 0.05) is 17.2 Å². The lowest BCUT2D eigenvalue weighted by Crippen LogP contribution is -2.34. The number of aryl methyl sites for hydroxylation is 1. The molecule has 1 amide bonds. The second kappa shape index (κ2) is 8.44. The van der Waals surface area contributed by atoms with E-state index in [1.807, 2.05) is 6.92 Å². The van der Waals surface area contributed by atoms with Crippen molar-refractivity contribution in [1.82, 2.24) is 5.43 Å². The largest absolute Gasteiger partial charge is 0.481 e. The quantitative estimate of drug-likeness (QED) is 0.471. The molecule has 0 fully saturated rings. The number of benzene rings is 2. The fourth-order valence-corrected chi connectivity index (χ4v) is 2.33. The molecule has 0 heterocycles. The van der Waals surface area contributed by atoms with Gasteiger partial charge in [-0.25, -0.2) is 5.43 Å². The molecule has 7 nitrogen and oxygen atoms in total. The van der Waals surface area contributed by atoms with Gasteiger partial charge >= 0.3 is 0 Å². The number of nitro groups is 1. The summed E-state index contributed by atoms with van der Waals surface area (Å²) < 4.78 is 5.63. The summed E-state index contributed by atoms with van der Waals surface area (Å²) in [7, 11) is 0. The average Bonchev–Trinajstić information content (AvgIpc) is 2.61. The van der Waals surface area contributed by atoms with Crippen LogP contribution in [0.4, 0.5) is 5.69 Å². The van der Waals surface area contributed by atoms with Crippen LogP contribution in [-0.2, 0) is 4.79 Å². The first-order chi connectivity index (χ1) is 12.3. The van der Waals surface area contributed by atoms with Crippen molar-refractivity contribution in [2.45, 2.75) is 26.9 Å². The zero-order chi connectivity index (χ0) is 19.3. The van der Waals surface area contributed by atoms with Gasteiger partial charge in [-0.05, 0) is 62.2 Å². The van der Waals surface area contributed by atoms with E-state index in [9.17, 15) is 14.9 Å². The maximum atomic E-state index is 12.1. The number of amides is 1. The molecule has 0 radical (unpaired) electrons. The van der Waals surface area contributed by atoms with Crippen LogP contribution in [0.25, 0.3) is 0 Å². The number of carbonyl (C=O) groups excluding carboxylic acids is 1. The monoisotopic (exact) mass is 375 g/mol. The van der Waals surface area contributed by atoms with Crippen molar-refractivity contribution in [2.24, 2.45) is 5.10 Å². The number of carbonyl (C=O) groups is 1. The number of non-ortho nitro benzene ring substituents is 1. The molecule has 0 aromatic heterocycles. The Labute approximate surface area is 155 Å². The SMILES string of the molecule is C/C(=N/NC(=O)C(C)Oc1ccc(Cl)cc1C)c1ccc([N+](=O)[O-])cc1. The Balaban J connectivity index is 1.99. The number of rotatable bonds is 6. The molecule has 0 aliphatic carbocycles. The Morgan fingerprint density at radius 3 is 2.50 bits per heavy atom. The van der Waals surface area contributed by atoms with Gasteiger partial charge in [-0.3, -0.25) is 14.9 Å². The molecular formula is C18H18ClN3O4. The highest BCUT2D eigenvalue weighted by molar-refractivity contribution is 6.30. The first-order valence-corrected chi connectivity index (χ1v) is 8.17. The van der Waals surface area contributed by atoms with E-state index < -0.39 is 16.9 Å². The molecule has 2 aromatic carbocycles. The van der Waals surface area contributed by atoms with E-state index in [1.54, 1.807) is 44.2 Å². The van der Waals surface area contributed by atoms with Crippen molar-refractivity contribution in [3.63, 3.8) is 0 Å².